The molecule has 4 rings (SSSR count). The summed E-state index contributed by atoms with van der Waals surface area (Å²) in [7, 11) is -5.45. The van der Waals surface area contributed by atoms with Gasteiger partial charge in [0, 0.05) is 13.3 Å². The van der Waals surface area contributed by atoms with Gasteiger partial charge in [0.25, 0.3) is 5.95 Å². The molecule has 0 aliphatic carbocycles. The van der Waals surface area contributed by atoms with Crippen LogP contribution in [0.25, 0.3) is 11.2 Å². The van der Waals surface area contributed by atoms with Crippen molar-refractivity contribution in [3.8, 4) is 0 Å². The lowest BCUT2D eigenvalue weighted by Gasteiger charge is -2.51. The van der Waals surface area contributed by atoms with Crippen LogP contribution in [-0.4, -0.2) is 67.0 Å². The van der Waals surface area contributed by atoms with Crippen LogP contribution in [0.1, 0.15) is 95.7 Å². The van der Waals surface area contributed by atoms with Gasteiger partial charge >= 0.3 is 23.1 Å². The number of hydroxylamine groups is 1. The minimum Gasteiger partial charge on any atom is -0.414 e. The maximum atomic E-state index is 11.9. The minimum atomic E-state index is -2.77. The van der Waals surface area contributed by atoms with Crippen LogP contribution in [0.15, 0.2) is 6.33 Å². The number of rotatable bonds is 7. The highest BCUT2D eigenvalue weighted by Gasteiger charge is 2.60. The second-order valence-electron chi connectivity index (χ2n) is 13.7. The average Bonchev–Trinajstić information content (AvgIpc) is 3.45. The molecule has 0 spiro atoms. The van der Waals surface area contributed by atoms with Crippen molar-refractivity contribution in [2.45, 2.75) is 136 Å². The molecule has 42 heavy (non-hydrogen) atoms. The fourth-order valence-electron chi connectivity index (χ4n) is 6.09. The molecule has 11 nitrogen and oxygen atoms in total. The zero-order valence-corrected chi connectivity index (χ0v) is 29.9. The van der Waals surface area contributed by atoms with Gasteiger partial charge in [0.1, 0.15) is 17.8 Å². The molecule has 2 aromatic rings. The van der Waals surface area contributed by atoms with Crippen LogP contribution in [0.4, 0.5) is 5.95 Å². The average molecular weight is 642 g/mol. The second kappa shape index (κ2) is 12.1. The molecule has 14 heteroatoms. The summed E-state index contributed by atoms with van der Waals surface area (Å²) in [5.74, 6) is -0.331. The van der Waals surface area contributed by atoms with E-state index < -0.39 is 34.9 Å². The number of hydrogen-bond donors (Lipinski definition) is 0. The largest absolute Gasteiger partial charge is 0.414 e. The number of nitrogens with zero attached hydrogens (tertiary/aromatic N) is 5. The lowest BCUT2D eigenvalue weighted by atomic mass is 10.1. The van der Waals surface area contributed by atoms with Gasteiger partial charge in [-0.2, -0.15) is 15.0 Å². The van der Waals surface area contributed by atoms with E-state index in [0.717, 1.165) is 0 Å². The van der Waals surface area contributed by atoms with Crippen molar-refractivity contribution < 1.29 is 27.3 Å². The van der Waals surface area contributed by atoms with Crippen LogP contribution in [0.3, 0.4) is 0 Å². The van der Waals surface area contributed by atoms with Crippen molar-refractivity contribution in [2.24, 2.45) is 0 Å². The molecule has 0 radical (unpaired) electrons. The van der Waals surface area contributed by atoms with Crippen molar-refractivity contribution in [3.05, 3.63) is 11.5 Å². The van der Waals surface area contributed by atoms with E-state index in [4.69, 9.17) is 39.1 Å². The molecule has 0 saturated carbocycles. The van der Waals surface area contributed by atoms with Gasteiger partial charge < -0.3 is 22.5 Å². The fourth-order valence-corrected chi connectivity index (χ4v) is 17.5. The van der Waals surface area contributed by atoms with Crippen molar-refractivity contribution in [3.63, 3.8) is 0 Å². The predicted molar refractivity (Wildman–Crippen MR) is 167 cm³/mol. The highest BCUT2D eigenvalue weighted by atomic mass is 35.5. The zero-order chi connectivity index (χ0) is 31.4. The van der Waals surface area contributed by atoms with E-state index in [2.05, 4.69) is 65.4 Å². The summed E-state index contributed by atoms with van der Waals surface area (Å²) in [6.45, 7) is 25.1. The van der Waals surface area contributed by atoms with Crippen molar-refractivity contribution in [1.29, 1.82) is 0 Å². The van der Waals surface area contributed by atoms with Crippen LogP contribution >= 0.6 is 11.6 Å². The van der Waals surface area contributed by atoms with Crippen LogP contribution in [0.2, 0.25) is 27.3 Å². The molecule has 2 aliphatic rings. The number of aromatic nitrogens is 4. The van der Waals surface area contributed by atoms with E-state index >= 15 is 0 Å². The summed E-state index contributed by atoms with van der Waals surface area (Å²) in [6.07, 6.45) is 1.30. The Hall–Kier alpha value is -1.62. The number of anilines is 1. The molecule has 0 bridgehead atoms. The standard InChI is InChI=1S/C28H48ClN5O6Si2/c1-16(2)41(17(3)4)36-14-22-21(39-42(40-41,18(5)6)19(7)8)13-23(37-22)33-15-30-24-25(29)31-27(32-26(24)33)34(28(10,11)12)38-20(9)35/h15-19,21-23H,13-14H2,1-12H3/t21-,22+,23+/m0/s1. The van der Waals surface area contributed by atoms with Crippen molar-refractivity contribution in [1.82, 2.24) is 19.5 Å². The van der Waals surface area contributed by atoms with Gasteiger partial charge in [-0.1, -0.05) is 67.0 Å². The molecule has 0 unspecified atom stereocenters. The molecule has 2 aromatic heterocycles. The number of fused-ring (bicyclic) bond motifs is 2. The maximum Gasteiger partial charge on any atom is 0.335 e. The van der Waals surface area contributed by atoms with Gasteiger partial charge in [0.15, 0.2) is 10.8 Å². The number of ether oxygens (including phenoxy) is 1. The van der Waals surface area contributed by atoms with Gasteiger partial charge in [-0.3, -0.25) is 9.36 Å². The van der Waals surface area contributed by atoms with E-state index in [-0.39, 0.29) is 45.5 Å². The third-order valence-corrected chi connectivity index (χ3v) is 18.8. The van der Waals surface area contributed by atoms with Crippen LogP contribution < -0.4 is 5.06 Å². The normalized spacial score (nSPS) is 24.4. The minimum absolute atomic E-state index is 0.155. The molecule has 3 atom stereocenters. The quantitative estimate of drug-likeness (QED) is 0.182. The number of imidazole rings is 1. The maximum absolute atomic E-state index is 11.9. The molecule has 0 aromatic carbocycles. The Kier molecular flexibility index (Phi) is 9.55. The Morgan fingerprint density at radius 2 is 1.62 bits per heavy atom. The smallest absolute Gasteiger partial charge is 0.335 e. The van der Waals surface area contributed by atoms with Crippen LogP contribution in [0, 0.1) is 0 Å². The van der Waals surface area contributed by atoms with Crippen molar-refractivity contribution in [2.75, 3.05) is 11.7 Å². The van der Waals surface area contributed by atoms with Gasteiger partial charge in [-0.05, 0) is 42.9 Å². The van der Waals surface area contributed by atoms with Gasteiger partial charge in [0.05, 0.1) is 24.6 Å². The molecule has 4 heterocycles. The molecule has 0 amide bonds. The van der Waals surface area contributed by atoms with Gasteiger partial charge in [-0.25, -0.2) is 4.98 Å². The number of hydrogen-bond acceptors (Lipinski definition) is 10. The molecular formula is C28H48ClN5O6Si2. The topological polar surface area (TPSA) is 110 Å². The summed E-state index contributed by atoms with van der Waals surface area (Å²) in [6, 6.07) is 0. The Balaban J connectivity index is 1.75. The first kappa shape index (κ1) is 33.3. The highest BCUT2D eigenvalue weighted by molar-refractivity contribution is 6.84. The van der Waals surface area contributed by atoms with Gasteiger partial charge in [0.2, 0.25) is 0 Å². The third-order valence-electron chi connectivity index (χ3n) is 8.22. The van der Waals surface area contributed by atoms with Crippen LogP contribution in [-0.2, 0) is 27.3 Å². The Morgan fingerprint density at radius 1 is 1.02 bits per heavy atom. The number of carbonyl (C=O) groups is 1. The van der Waals surface area contributed by atoms with E-state index in [1.54, 1.807) is 6.33 Å². The predicted octanol–water partition coefficient (Wildman–Crippen LogP) is 6.81. The van der Waals surface area contributed by atoms with Crippen LogP contribution in [0.5, 0.6) is 0 Å². The second-order valence-corrected chi connectivity index (χ2v) is 22.9. The Bertz CT molecular complexity index is 1270. The lowest BCUT2D eigenvalue weighted by molar-refractivity contribution is -0.144. The number of halogens is 1. The molecule has 2 aliphatic heterocycles. The SMILES string of the molecule is CC(=O)ON(c1nc(Cl)c2ncn([C@H]3C[C@@H]4O[Si](C(C)C)(C(C)C)O[Si](C(C)C)(C(C)C)OC[C@H]4O3)c2n1)C(C)(C)C. The summed E-state index contributed by atoms with van der Waals surface area (Å²) in [4.78, 5) is 31.1. The third kappa shape index (κ3) is 6.02. The first-order chi connectivity index (χ1) is 19.4. The Morgan fingerprint density at radius 3 is 2.14 bits per heavy atom. The summed E-state index contributed by atoms with van der Waals surface area (Å²) < 4.78 is 29.9. The molecular weight excluding hydrogens is 594 g/mol. The van der Waals surface area contributed by atoms with E-state index in [0.29, 0.717) is 24.2 Å². The summed E-state index contributed by atoms with van der Waals surface area (Å²) >= 11 is 6.59. The fraction of sp³-hybridized carbons (Fsp3) is 0.786. The van der Waals surface area contributed by atoms with Crippen molar-refractivity contribution >= 4 is 51.8 Å². The number of carbonyl (C=O) groups excluding carboxylic acids is 1. The Labute approximate surface area is 257 Å². The zero-order valence-electron chi connectivity index (χ0n) is 27.1. The molecule has 2 fully saturated rings. The molecule has 236 valence electrons. The molecule has 0 N–H and O–H groups in total. The monoisotopic (exact) mass is 641 g/mol. The van der Waals surface area contributed by atoms with Gasteiger partial charge in [-0.15, -0.1) is 0 Å². The highest BCUT2D eigenvalue weighted by Crippen LogP contribution is 2.48. The summed E-state index contributed by atoms with van der Waals surface area (Å²) in [5, 5.41) is 1.52. The van der Waals surface area contributed by atoms with E-state index in [1.165, 1.54) is 12.0 Å². The first-order valence-electron chi connectivity index (χ1n) is 15.0. The first-order valence-corrected chi connectivity index (χ1v) is 19.3. The lowest BCUT2D eigenvalue weighted by Crippen LogP contribution is -2.65. The van der Waals surface area contributed by atoms with E-state index in [9.17, 15) is 4.79 Å². The van der Waals surface area contributed by atoms with E-state index in [1.807, 2.05) is 25.3 Å². The molecule has 2 saturated heterocycles. The summed E-state index contributed by atoms with van der Waals surface area (Å²) in [5.41, 5.74) is 1.22.